The van der Waals surface area contributed by atoms with Crippen molar-refractivity contribution in [2.45, 2.75) is 62.4 Å². The number of aromatic nitrogens is 2. The summed E-state index contributed by atoms with van der Waals surface area (Å²) in [5.74, 6) is 0.0991. The lowest BCUT2D eigenvalue weighted by atomic mass is 9.95. The van der Waals surface area contributed by atoms with Gasteiger partial charge in [0.2, 0.25) is 5.91 Å². The summed E-state index contributed by atoms with van der Waals surface area (Å²) in [6.45, 7) is 3.84. The Kier molecular flexibility index (Phi) is 5.19. The molecule has 0 spiro atoms. The van der Waals surface area contributed by atoms with Crippen molar-refractivity contribution in [3.8, 4) is 0 Å². The Hall–Kier alpha value is -1.10. The molecule has 0 radical (unpaired) electrons. The lowest BCUT2D eigenvalue weighted by Crippen LogP contribution is -2.40. The van der Waals surface area contributed by atoms with Crippen molar-refractivity contribution < 1.29 is 4.79 Å². The number of amides is 1. The molecule has 1 atom stereocenters. The number of nitrogens with one attached hydrogen (secondary N) is 1. The SMILES string of the molecule is Cc1ccnc(SC(C)C(=O)NC2CCCCC2)n1. The van der Waals surface area contributed by atoms with E-state index in [1.165, 1.54) is 31.0 Å². The predicted molar refractivity (Wildman–Crippen MR) is 77.1 cm³/mol. The van der Waals surface area contributed by atoms with Crippen LogP contribution in [0.15, 0.2) is 17.4 Å². The molecule has 1 heterocycles. The minimum absolute atomic E-state index is 0.0991. The van der Waals surface area contributed by atoms with E-state index in [9.17, 15) is 4.79 Å². The van der Waals surface area contributed by atoms with E-state index < -0.39 is 0 Å². The van der Waals surface area contributed by atoms with E-state index >= 15 is 0 Å². The molecule has 0 aromatic carbocycles. The fraction of sp³-hybridized carbons (Fsp3) is 0.643. The van der Waals surface area contributed by atoms with Crippen molar-refractivity contribution in [3.05, 3.63) is 18.0 Å². The summed E-state index contributed by atoms with van der Waals surface area (Å²) in [4.78, 5) is 20.6. The Morgan fingerprint density at radius 1 is 1.42 bits per heavy atom. The smallest absolute Gasteiger partial charge is 0.233 e. The first-order valence-corrected chi connectivity index (χ1v) is 7.80. The average molecular weight is 279 g/mol. The van der Waals surface area contributed by atoms with Crippen molar-refractivity contribution in [2.75, 3.05) is 0 Å². The van der Waals surface area contributed by atoms with E-state index in [-0.39, 0.29) is 11.2 Å². The fourth-order valence-electron chi connectivity index (χ4n) is 2.26. The molecule has 1 aromatic heterocycles. The second-order valence-electron chi connectivity index (χ2n) is 5.08. The Balaban J connectivity index is 1.84. The van der Waals surface area contributed by atoms with Gasteiger partial charge < -0.3 is 5.32 Å². The Labute approximate surface area is 118 Å². The molecule has 19 heavy (non-hydrogen) atoms. The number of carbonyl (C=O) groups is 1. The number of nitrogens with zero attached hydrogens (tertiary/aromatic N) is 2. The van der Waals surface area contributed by atoms with Gasteiger partial charge in [-0.3, -0.25) is 4.79 Å². The van der Waals surface area contributed by atoms with Crippen molar-refractivity contribution in [1.29, 1.82) is 0 Å². The van der Waals surface area contributed by atoms with Gasteiger partial charge in [-0.25, -0.2) is 9.97 Å². The van der Waals surface area contributed by atoms with Gasteiger partial charge in [0.1, 0.15) is 0 Å². The van der Waals surface area contributed by atoms with Gasteiger partial charge in [-0.1, -0.05) is 31.0 Å². The van der Waals surface area contributed by atoms with Crippen LogP contribution in [-0.2, 0) is 4.79 Å². The quantitative estimate of drug-likeness (QED) is 0.680. The van der Waals surface area contributed by atoms with Crippen LogP contribution < -0.4 is 5.32 Å². The van der Waals surface area contributed by atoms with Gasteiger partial charge in [0.25, 0.3) is 0 Å². The second kappa shape index (κ2) is 6.89. The van der Waals surface area contributed by atoms with Gasteiger partial charge >= 0.3 is 0 Å². The van der Waals surface area contributed by atoms with E-state index in [2.05, 4.69) is 15.3 Å². The number of aryl methyl sites for hydroxylation is 1. The van der Waals surface area contributed by atoms with E-state index in [1.807, 2.05) is 19.9 Å². The minimum Gasteiger partial charge on any atom is -0.352 e. The number of carbonyl (C=O) groups excluding carboxylic acids is 1. The normalized spacial score (nSPS) is 18.0. The Morgan fingerprint density at radius 3 is 2.84 bits per heavy atom. The van der Waals surface area contributed by atoms with Crippen LogP contribution in [0.2, 0.25) is 0 Å². The summed E-state index contributed by atoms with van der Waals surface area (Å²) >= 11 is 1.42. The fourth-order valence-corrected chi connectivity index (χ4v) is 3.07. The third-order valence-electron chi connectivity index (χ3n) is 3.38. The lowest BCUT2D eigenvalue weighted by molar-refractivity contribution is -0.121. The van der Waals surface area contributed by atoms with Crippen LogP contribution in [0.4, 0.5) is 0 Å². The molecule has 0 aliphatic heterocycles. The highest BCUT2D eigenvalue weighted by Crippen LogP contribution is 2.21. The Morgan fingerprint density at radius 2 is 2.16 bits per heavy atom. The molecule has 1 aliphatic carbocycles. The van der Waals surface area contributed by atoms with E-state index in [0.717, 1.165) is 18.5 Å². The number of rotatable bonds is 4. The zero-order chi connectivity index (χ0) is 13.7. The third-order valence-corrected chi connectivity index (χ3v) is 4.35. The monoisotopic (exact) mass is 279 g/mol. The van der Waals surface area contributed by atoms with Crippen molar-refractivity contribution >= 4 is 17.7 Å². The minimum atomic E-state index is -0.149. The maximum atomic E-state index is 12.1. The molecule has 5 heteroatoms. The van der Waals surface area contributed by atoms with Gasteiger partial charge in [-0.2, -0.15) is 0 Å². The number of thioether (sulfide) groups is 1. The van der Waals surface area contributed by atoms with E-state index in [0.29, 0.717) is 11.2 Å². The molecule has 1 unspecified atom stereocenters. The van der Waals surface area contributed by atoms with Crippen molar-refractivity contribution in [2.24, 2.45) is 0 Å². The maximum absolute atomic E-state index is 12.1. The molecule has 0 saturated heterocycles. The lowest BCUT2D eigenvalue weighted by Gasteiger charge is -2.24. The molecular formula is C14H21N3OS. The Bertz CT molecular complexity index is 432. The molecule has 1 fully saturated rings. The zero-order valence-electron chi connectivity index (χ0n) is 11.6. The first kappa shape index (κ1) is 14.3. The zero-order valence-corrected chi connectivity index (χ0v) is 12.4. The summed E-state index contributed by atoms with van der Waals surface area (Å²) in [6.07, 6.45) is 7.72. The van der Waals surface area contributed by atoms with Gasteiger partial charge in [-0.15, -0.1) is 0 Å². The topological polar surface area (TPSA) is 54.9 Å². The maximum Gasteiger partial charge on any atom is 0.233 e. The molecule has 2 rings (SSSR count). The largest absolute Gasteiger partial charge is 0.352 e. The van der Waals surface area contributed by atoms with Crippen molar-refractivity contribution in [3.63, 3.8) is 0 Å². The summed E-state index contributed by atoms with van der Waals surface area (Å²) in [6, 6.07) is 2.22. The van der Waals surface area contributed by atoms with Crippen LogP contribution in [-0.4, -0.2) is 27.2 Å². The molecule has 1 saturated carbocycles. The summed E-state index contributed by atoms with van der Waals surface area (Å²) in [5, 5.41) is 3.66. The third kappa shape index (κ3) is 4.49. The number of hydrogen-bond donors (Lipinski definition) is 1. The average Bonchev–Trinajstić information content (AvgIpc) is 2.40. The molecule has 0 bridgehead atoms. The van der Waals surface area contributed by atoms with E-state index in [4.69, 9.17) is 0 Å². The van der Waals surface area contributed by atoms with E-state index in [1.54, 1.807) is 6.20 Å². The van der Waals surface area contributed by atoms with Crippen molar-refractivity contribution in [1.82, 2.24) is 15.3 Å². The summed E-state index contributed by atoms with van der Waals surface area (Å²) in [7, 11) is 0. The second-order valence-corrected chi connectivity index (χ2v) is 6.39. The van der Waals surface area contributed by atoms with Crippen LogP contribution >= 0.6 is 11.8 Å². The van der Waals surface area contributed by atoms with Crippen LogP contribution in [0, 0.1) is 6.92 Å². The highest BCUT2D eigenvalue weighted by atomic mass is 32.2. The van der Waals surface area contributed by atoms with Gasteiger partial charge in [-0.05, 0) is 32.8 Å². The molecule has 1 N–H and O–H groups in total. The molecule has 4 nitrogen and oxygen atoms in total. The first-order valence-electron chi connectivity index (χ1n) is 6.92. The van der Waals surface area contributed by atoms with Crippen LogP contribution in [0.5, 0.6) is 0 Å². The highest BCUT2D eigenvalue weighted by Gasteiger charge is 2.20. The molecule has 104 valence electrons. The number of hydrogen-bond acceptors (Lipinski definition) is 4. The van der Waals surface area contributed by atoms with Gasteiger partial charge in [0.05, 0.1) is 5.25 Å². The van der Waals surface area contributed by atoms with Crippen LogP contribution in [0.3, 0.4) is 0 Å². The summed E-state index contributed by atoms with van der Waals surface area (Å²) < 4.78 is 0. The molecular weight excluding hydrogens is 258 g/mol. The summed E-state index contributed by atoms with van der Waals surface area (Å²) in [5.41, 5.74) is 0.928. The molecule has 1 aromatic rings. The first-order chi connectivity index (χ1) is 9.15. The van der Waals surface area contributed by atoms with Gasteiger partial charge in [0, 0.05) is 17.9 Å². The van der Waals surface area contributed by atoms with Crippen LogP contribution in [0.25, 0.3) is 0 Å². The predicted octanol–water partition coefficient (Wildman–Crippen LogP) is 2.71. The molecule has 1 amide bonds. The molecule has 1 aliphatic rings. The highest BCUT2D eigenvalue weighted by molar-refractivity contribution is 8.00. The van der Waals surface area contributed by atoms with Gasteiger partial charge in [0.15, 0.2) is 5.16 Å². The van der Waals surface area contributed by atoms with Crippen LogP contribution in [0.1, 0.15) is 44.7 Å². The standard InChI is InChI=1S/C14H21N3OS/c1-10-8-9-15-14(16-10)19-11(2)13(18)17-12-6-4-3-5-7-12/h8-9,11-12H,3-7H2,1-2H3,(H,17,18).